The molecule has 0 spiro atoms. The van der Waals surface area contributed by atoms with Crippen LogP contribution in [0.1, 0.15) is 16.8 Å². The number of benzene rings is 1. The molecule has 0 amide bonds. The summed E-state index contributed by atoms with van der Waals surface area (Å²) in [5, 5.41) is 0. The molecule has 0 bridgehead atoms. The van der Waals surface area contributed by atoms with Gasteiger partial charge in [0.1, 0.15) is 0 Å². The van der Waals surface area contributed by atoms with Gasteiger partial charge in [0, 0.05) is 31.4 Å². The maximum Gasteiger partial charge on any atom is 0.214 e. The molecule has 2 heterocycles. The summed E-state index contributed by atoms with van der Waals surface area (Å²) in [5.41, 5.74) is 3.19. The second-order valence-corrected chi connectivity index (χ2v) is 7.33. The number of sulfonamides is 1. The number of fused-ring (bicyclic) bond motifs is 1. The van der Waals surface area contributed by atoms with Gasteiger partial charge in [-0.15, -0.1) is 0 Å². The molecule has 4 nitrogen and oxygen atoms in total. The highest BCUT2D eigenvalue weighted by Crippen LogP contribution is 2.21. The SMILES string of the molecule is O=S(=O)(CCc1ccccn1)N1CCc2ccccc2C1. The Bertz CT molecular complexity index is 714. The van der Waals surface area contributed by atoms with Crippen molar-refractivity contribution in [3.63, 3.8) is 0 Å². The summed E-state index contributed by atoms with van der Waals surface area (Å²) < 4.78 is 26.5. The molecule has 0 fully saturated rings. The summed E-state index contributed by atoms with van der Waals surface area (Å²) >= 11 is 0. The van der Waals surface area contributed by atoms with Crippen molar-refractivity contribution in [2.24, 2.45) is 0 Å². The Morgan fingerprint density at radius 1 is 1.05 bits per heavy atom. The number of hydrogen-bond donors (Lipinski definition) is 0. The van der Waals surface area contributed by atoms with Crippen LogP contribution in [-0.2, 0) is 29.4 Å². The summed E-state index contributed by atoms with van der Waals surface area (Å²) in [6, 6.07) is 13.6. The Kier molecular flexibility index (Phi) is 4.03. The van der Waals surface area contributed by atoms with Crippen LogP contribution in [0.25, 0.3) is 0 Å². The minimum absolute atomic E-state index is 0.117. The molecule has 0 atom stereocenters. The molecule has 0 unspecified atom stereocenters. The van der Waals surface area contributed by atoms with Crippen molar-refractivity contribution in [3.05, 3.63) is 65.5 Å². The molecule has 1 aromatic heterocycles. The van der Waals surface area contributed by atoms with Crippen LogP contribution in [0, 0.1) is 0 Å². The topological polar surface area (TPSA) is 50.3 Å². The fourth-order valence-corrected chi connectivity index (χ4v) is 4.05. The van der Waals surface area contributed by atoms with E-state index in [0.29, 0.717) is 19.5 Å². The second-order valence-electron chi connectivity index (χ2n) is 5.24. The van der Waals surface area contributed by atoms with E-state index >= 15 is 0 Å². The van der Waals surface area contributed by atoms with Crippen molar-refractivity contribution >= 4 is 10.0 Å². The fourth-order valence-electron chi connectivity index (χ4n) is 2.62. The first-order chi connectivity index (χ1) is 10.1. The fraction of sp³-hybridized carbons (Fsp3) is 0.312. The number of aryl methyl sites for hydroxylation is 1. The lowest BCUT2D eigenvalue weighted by molar-refractivity contribution is 0.391. The van der Waals surface area contributed by atoms with Crippen LogP contribution in [0.4, 0.5) is 0 Å². The van der Waals surface area contributed by atoms with E-state index in [2.05, 4.69) is 11.1 Å². The molecule has 0 saturated carbocycles. The van der Waals surface area contributed by atoms with Gasteiger partial charge in [-0.25, -0.2) is 8.42 Å². The van der Waals surface area contributed by atoms with Crippen molar-refractivity contribution in [1.29, 1.82) is 0 Å². The third-order valence-corrected chi connectivity index (χ3v) is 5.65. The van der Waals surface area contributed by atoms with Gasteiger partial charge in [-0.1, -0.05) is 30.3 Å². The Morgan fingerprint density at radius 3 is 2.57 bits per heavy atom. The van der Waals surface area contributed by atoms with Crippen molar-refractivity contribution in [1.82, 2.24) is 9.29 Å². The van der Waals surface area contributed by atoms with Crippen LogP contribution < -0.4 is 0 Å². The van der Waals surface area contributed by atoms with Gasteiger partial charge in [0.25, 0.3) is 0 Å². The van der Waals surface area contributed by atoms with E-state index in [9.17, 15) is 8.42 Å². The average molecular weight is 302 g/mol. The molecular weight excluding hydrogens is 284 g/mol. The van der Waals surface area contributed by atoms with Gasteiger partial charge in [-0.3, -0.25) is 4.98 Å². The van der Waals surface area contributed by atoms with E-state index in [0.717, 1.165) is 17.7 Å². The lowest BCUT2D eigenvalue weighted by atomic mass is 10.0. The van der Waals surface area contributed by atoms with Crippen LogP contribution in [0.5, 0.6) is 0 Å². The molecule has 5 heteroatoms. The van der Waals surface area contributed by atoms with Crippen LogP contribution in [-0.4, -0.2) is 30.0 Å². The molecule has 0 saturated heterocycles. The first-order valence-electron chi connectivity index (χ1n) is 7.10. The lowest BCUT2D eigenvalue weighted by Crippen LogP contribution is -2.37. The van der Waals surface area contributed by atoms with E-state index in [1.165, 1.54) is 5.56 Å². The number of rotatable bonds is 4. The predicted octanol–water partition coefficient (Wildman–Crippen LogP) is 2.01. The first kappa shape index (κ1) is 14.2. The van der Waals surface area contributed by atoms with Crippen molar-refractivity contribution < 1.29 is 8.42 Å². The van der Waals surface area contributed by atoms with Gasteiger partial charge in [0.05, 0.1) is 5.75 Å². The lowest BCUT2D eigenvalue weighted by Gasteiger charge is -2.28. The molecule has 110 valence electrons. The predicted molar refractivity (Wildman–Crippen MR) is 82.3 cm³/mol. The second kappa shape index (κ2) is 5.95. The summed E-state index contributed by atoms with van der Waals surface area (Å²) in [6.45, 7) is 1.06. The third kappa shape index (κ3) is 3.31. The quantitative estimate of drug-likeness (QED) is 0.868. The maximum absolute atomic E-state index is 12.5. The van der Waals surface area contributed by atoms with Crippen LogP contribution in [0.2, 0.25) is 0 Å². The van der Waals surface area contributed by atoms with Gasteiger partial charge in [0.15, 0.2) is 0 Å². The van der Waals surface area contributed by atoms with Crippen LogP contribution >= 0.6 is 0 Å². The van der Waals surface area contributed by atoms with Gasteiger partial charge in [-0.05, 0) is 29.7 Å². The molecule has 3 rings (SSSR count). The summed E-state index contributed by atoms with van der Waals surface area (Å²) in [6.07, 6.45) is 2.94. The number of hydrogen-bond acceptors (Lipinski definition) is 3. The smallest absolute Gasteiger partial charge is 0.214 e. The third-order valence-electron chi connectivity index (χ3n) is 3.83. The largest absolute Gasteiger partial charge is 0.261 e. The molecule has 2 aromatic rings. The molecule has 1 aromatic carbocycles. The van der Waals surface area contributed by atoms with Crippen LogP contribution in [0.3, 0.4) is 0 Å². The zero-order valence-electron chi connectivity index (χ0n) is 11.8. The summed E-state index contributed by atoms with van der Waals surface area (Å²) in [7, 11) is -3.23. The average Bonchev–Trinajstić information content (AvgIpc) is 2.53. The van der Waals surface area contributed by atoms with E-state index < -0.39 is 10.0 Å². The Morgan fingerprint density at radius 2 is 1.81 bits per heavy atom. The van der Waals surface area contributed by atoms with Gasteiger partial charge >= 0.3 is 0 Å². The van der Waals surface area contributed by atoms with E-state index in [-0.39, 0.29) is 5.75 Å². The van der Waals surface area contributed by atoms with Crippen molar-refractivity contribution in [2.45, 2.75) is 19.4 Å². The number of aromatic nitrogens is 1. The van der Waals surface area contributed by atoms with Crippen LogP contribution in [0.15, 0.2) is 48.7 Å². The molecule has 0 radical (unpaired) electrons. The zero-order valence-corrected chi connectivity index (χ0v) is 12.6. The molecule has 0 aliphatic carbocycles. The molecule has 21 heavy (non-hydrogen) atoms. The number of nitrogens with zero attached hydrogens (tertiary/aromatic N) is 2. The zero-order chi connectivity index (χ0) is 14.7. The Hall–Kier alpha value is -1.72. The highest BCUT2D eigenvalue weighted by atomic mass is 32.2. The summed E-state index contributed by atoms with van der Waals surface area (Å²) in [4.78, 5) is 4.18. The highest BCUT2D eigenvalue weighted by molar-refractivity contribution is 7.89. The Balaban J connectivity index is 1.69. The van der Waals surface area contributed by atoms with Crippen molar-refractivity contribution in [3.8, 4) is 0 Å². The summed E-state index contributed by atoms with van der Waals surface area (Å²) in [5.74, 6) is 0.117. The molecule has 1 aliphatic rings. The minimum Gasteiger partial charge on any atom is -0.261 e. The van der Waals surface area contributed by atoms with Gasteiger partial charge < -0.3 is 0 Å². The minimum atomic E-state index is -3.23. The number of pyridine rings is 1. The van der Waals surface area contributed by atoms with Gasteiger partial charge in [0.2, 0.25) is 10.0 Å². The van der Waals surface area contributed by atoms with E-state index in [1.807, 2.05) is 36.4 Å². The maximum atomic E-state index is 12.5. The standard InChI is InChI=1S/C16H18N2O2S/c19-21(20,12-9-16-7-3-4-10-17-16)18-11-8-14-5-1-2-6-15(14)13-18/h1-7,10H,8-9,11-13H2. The monoisotopic (exact) mass is 302 g/mol. The van der Waals surface area contributed by atoms with Gasteiger partial charge in [-0.2, -0.15) is 4.31 Å². The Labute approximate surface area is 125 Å². The highest BCUT2D eigenvalue weighted by Gasteiger charge is 2.26. The first-order valence-corrected chi connectivity index (χ1v) is 8.70. The van der Waals surface area contributed by atoms with E-state index in [1.54, 1.807) is 10.5 Å². The van der Waals surface area contributed by atoms with Crippen molar-refractivity contribution in [2.75, 3.05) is 12.3 Å². The molecular formula is C16H18N2O2S. The van der Waals surface area contributed by atoms with E-state index in [4.69, 9.17) is 0 Å². The molecule has 1 aliphatic heterocycles. The molecule has 0 N–H and O–H groups in total. The normalized spacial score (nSPS) is 15.6.